The zero-order valence-corrected chi connectivity index (χ0v) is 19.2. The van der Waals surface area contributed by atoms with Gasteiger partial charge in [-0.3, -0.25) is 14.4 Å². The molecule has 0 bridgehead atoms. The van der Waals surface area contributed by atoms with E-state index in [1.54, 1.807) is 42.5 Å². The van der Waals surface area contributed by atoms with Crippen molar-refractivity contribution >= 4 is 23.5 Å². The van der Waals surface area contributed by atoms with Gasteiger partial charge in [-0.05, 0) is 53.1 Å². The number of carbonyl (C=O) groups excluding carboxylic acids is 3. The summed E-state index contributed by atoms with van der Waals surface area (Å²) in [6, 6.07) is 31.0. The highest BCUT2D eigenvalue weighted by Crippen LogP contribution is 2.21. The highest BCUT2D eigenvalue weighted by Gasteiger charge is 2.12. The minimum Gasteiger partial charge on any atom is -0.427 e. The fraction of sp³-hybridized carbons (Fsp3) is 0.0690. The molecule has 0 saturated heterocycles. The lowest BCUT2D eigenvalue weighted by atomic mass is 10.0. The molecule has 0 aliphatic heterocycles. The summed E-state index contributed by atoms with van der Waals surface area (Å²) in [5.74, 6) is -0.726. The van der Waals surface area contributed by atoms with Crippen molar-refractivity contribution in [1.29, 1.82) is 0 Å². The molecule has 4 rings (SSSR count). The van der Waals surface area contributed by atoms with Crippen LogP contribution in [-0.2, 0) is 11.3 Å². The van der Waals surface area contributed by atoms with E-state index in [9.17, 15) is 14.4 Å². The number of benzene rings is 4. The molecule has 0 radical (unpaired) electrons. The quantitative estimate of drug-likeness (QED) is 0.281. The molecule has 35 heavy (non-hydrogen) atoms. The number of rotatable bonds is 7. The van der Waals surface area contributed by atoms with Crippen LogP contribution in [0.5, 0.6) is 5.75 Å². The van der Waals surface area contributed by atoms with E-state index in [0.717, 1.165) is 16.7 Å². The van der Waals surface area contributed by atoms with E-state index < -0.39 is 5.97 Å². The van der Waals surface area contributed by atoms with Crippen molar-refractivity contribution in [2.75, 3.05) is 5.32 Å². The van der Waals surface area contributed by atoms with Crippen LogP contribution in [0.2, 0.25) is 0 Å². The summed E-state index contributed by atoms with van der Waals surface area (Å²) in [5.41, 5.74) is 4.35. The summed E-state index contributed by atoms with van der Waals surface area (Å²) in [4.78, 5) is 36.7. The maximum absolute atomic E-state index is 12.8. The number of carbonyl (C=O) groups is 3. The van der Waals surface area contributed by atoms with Gasteiger partial charge in [0.2, 0.25) is 0 Å². The topological polar surface area (TPSA) is 84.5 Å². The zero-order chi connectivity index (χ0) is 24.6. The third-order valence-electron chi connectivity index (χ3n) is 5.32. The average Bonchev–Trinajstić information content (AvgIpc) is 2.88. The van der Waals surface area contributed by atoms with Gasteiger partial charge in [0, 0.05) is 30.3 Å². The van der Waals surface area contributed by atoms with Gasteiger partial charge in [-0.15, -0.1) is 0 Å². The molecule has 6 nitrogen and oxygen atoms in total. The Hall–Kier alpha value is -4.71. The van der Waals surface area contributed by atoms with Gasteiger partial charge in [-0.2, -0.15) is 0 Å². The lowest BCUT2D eigenvalue weighted by Crippen LogP contribution is -2.24. The summed E-state index contributed by atoms with van der Waals surface area (Å²) in [6.45, 7) is 1.54. The molecule has 4 aromatic carbocycles. The Morgan fingerprint density at radius 2 is 1.37 bits per heavy atom. The number of amides is 2. The standard InChI is InChI=1S/C29H24N2O4/c1-20(32)35-26-12-7-11-24(18-26)29(34)31-27-13-6-5-10-25(27)19-30-28(33)23-16-14-22(15-17-23)21-8-3-2-4-9-21/h2-18H,19H2,1H3,(H,30,33)(H,31,34). The van der Waals surface area contributed by atoms with Crippen LogP contribution in [0.4, 0.5) is 5.69 Å². The molecule has 0 spiro atoms. The Bertz CT molecular complexity index is 1350. The van der Waals surface area contributed by atoms with Gasteiger partial charge in [-0.1, -0.05) is 66.7 Å². The largest absolute Gasteiger partial charge is 0.427 e. The first-order valence-electron chi connectivity index (χ1n) is 11.1. The van der Waals surface area contributed by atoms with Gasteiger partial charge >= 0.3 is 5.97 Å². The molecule has 2 amide bonds. The predicted octanol–water partition coefficient (Wildman–Crippen LogP) is 5.46. The summed E-state index contributed by atoms with van der Waals surface area (Å²) < 4.78 is 5.05. The maximum atomic E-state index is 12.8. The van der Waals surface area contributed by atoms with E-state index in [1.807, 2.05) is 54.6 Å². The molecule has 2 N–H and O–H groups in total. The van der Waals surface area contributed by atoms with E-state index in [0.29, 0.717) is 22.6 Å². The van der Waals surface area contributed by atoms with Crippen molar-refractivity contribution in [3.63, 3.8) is 0 Å². The Balaban J connectivity index is 1.41. The van der Waals surface area contributed by atoms with Crippen LogP contribution in [0.3, 0.4) is 0 Å². The maximum Gasteiger partial charge on any atom is 0.308 e. The molecule has 0 saturated carbocycles. The van der Waals surface area contributed by atoms with Gasteiger partial charge < -0.3 is 15.4 Å². The fourth-order valence-corrected chi connectivity index (χ4v) is 3.58. The van der Waals surface area contributed by atoms with E-state index in [2.05, 4.69) is 10.6 Å². The molecule has 0 unspecified atom stereocenters. The molecule has 0 atom stereocenters. The number of hydrogen-bond donors (Lipinski definition) is 2. The number of ether oxygens (including phenoxy) is 1. The van der Waals surface area contributed by atoms with Crippen molar-refractivity contribution in [3.05, 3.63) is 120 Å². The Kier molecular flexibility index (Phi) is 7.33. The van der Waals surface area contributed by atoms with Crippen molar-refractivity contribution in [2.24, 2.45) is 0 Å². The van der Waals surface area contributed by atoms with E-state index >= 15 is 0 Å². The van der Waals surface area contributed by atoms with Crippen LogP contribution in [0.25, 0.3) is 11.1 Å². The van der Waals surface area contributed by atoms with E-state index in [4.69, 9.17) is 4.74 Å². The SMILES string of the molecule is CC(=O)Oc1cccc(C(=O)Nc2ccccc2CNC(=O)c2ccc(-c3ccccc3)cc2)c1. The minimum absolute atomic E-state index is 0.208. The molecule has 0 fully saturated rings. The predicted molar refractivity (Wildman–Crippen MR) is 135 cm³/mol. The van der Waals surface area contributed by atoms with Gasteiger partial charge in [0.05, 0.1) is 0 Å². The molecule has 4 aromatic rings. The van der Waals surface area contributed by atoms with Crippen LogP contribution < -0.4 is 15.4 Å². The third kappa shape index (κ3) is 6.21. The second kappa shape index (κ2) is 10.9. The molecular weight excluding hydrogens is 440 g/mol. The van der Waals surface area contributed by atoms with E-state index in [-0.39, 0.29) is 18.4 Å². The highest BCUT2D eigenvalue weighted by molar-refractivity contribution is 6.05. The molecule has 0 aliphatic carbocycles. The number of nitrogens with one attached hydrogen (secondary N) is 2. The van der Waals surface area contributed by atoms with Gasteiger partial charge in [0.25, 0.3) is 11.8 Å². The lowest BCUT2D eigenvalue weighted by molar-refractivity contribution is -0.131. The minimum atomic E-state index is -0.460. The van der Waals surface area contributed by atoms with Crippen molar-refractivity contribution in [2.45, 2.75) is 13.5 Å². The van der Waals surface area contributed by atoms with Crippen LogP contribution in [-0.4, -0.2) is 17.8 Å². The fourth-order valence-electron chi connectivity index (χ4n) is 3.58. The van der Waals surface area contributed by atoms with Gasteiger partial charge in [-0.25, -0.2) is 0 Å². The second-order valence-electron chi connectivity index (χ2n) is 7.86. The summed E-state index contributed by atoms with van der Waals surface area (Å²) in [5, 5.41) is 5.78. The molecule has 0 aromatic heterocycles. The van der Waals surface area contributed by atoms with Gasteiger partial charge in [0.1, 0.15) is 5.75 Å². The smallest absolute Gasteiger partial charge is 0.308 e. The molecular formula is C29H24N2O4. The van der Waals surface area contributed by atoms with Crippen molar-refractivity contribution < 1.29 is 19.1 Å². The molecule has 0 aliphatic rings. The lowest BCUT2D eigenvalue weighted by Gasteiger charge is -2.13. The van der Waals surface area contributed by atoms with Crippen LogP contribution >= 0.6 is 0 Å². The number of anilines is 1. The van der Waals surface area contributed by atoms with Crippen molar-refractivity contribution in [3.8, 4) is 16.9 Å². The van der Waals surface area contributed by atoms with Crippen LogP contribution in [0, 0.1) is 0 Å². The third-order valence-corrected chi connectivity index (χ3v) is 5.32. The first-order chi connectivity index (χ1) is 17.0. The molecule has 174 valence electrons. The average molecular weight is 465 g/mol. The summed E-state index contributed by atoms with van der Waals surface area (Å²) >= 11 is 0. The normalized spacial score (nSPS) is 10.3. The van der Waals surface area contributed by atoms with Gasteiger partial charge in [0.15, 0.2) is 0 Å². The second-order valence-corrected chi connectivity index (χ2v) is 7.86. The van der Waals surface area contributed by atoms with Crippen LogP contribution in [0.1, 0.15) is 33.2 Å². The Morgan fingerprint density at radius 1 is 0.686 bits per heavy atom. The Labute approximate surface area is 203 Å². The first-order valence-corrected chi connectivity index (χ1v) is 11.1. The molecule has 6 heteroatoms. The number of esters is 1. The molecule has 0 heterocycles. The monoisotopic (exact) mass is 464 g/mol. The highest BCUT2D eigenvalue weighted by atomic mass is 16.5. The number of hydrogen-bond acceptors (Lipinski definition) is 4. The Morgan fingerprint density at radius 3 is 2.11 bits per heavy atom. The summed E-state index contributed by atoms with van der Waals surface area (Å²) in [6.07, 6.45) is 0. The zero-order valence-electron chi connectivity index (χ0n) is 19.2. The van der Waals surface area contributed by atoms with E-state index in [1.165, 1.54) is 13.0 Å². The number of para-hydroxylation sites is 1. The van der Waals surface area contributed by atoms with Crippen LogP contribution in [0.15, 0.2) is 103 Å². The first kappa shape index (κ1) is 23.4. The van der Waals surface area contributed by atoms with Crippen molar-refractivity contribution in [1.82, 2.24) is 5.32 Å². The summed E-state index contributed by atoms with van der Waals surface area (Å²) in [7, 11) is 0.